The van der Waals surface area contributed by atoms with Crippen LogP contribution in [0.15, 0.2) is 12.1 Å². The van der Waals surface area contributed by atoms with E-state index >= 15 is 0 Å². The van der Waals surface area contributed by atoms with Crippen LogP contribution in [-0.2, 0) is 11.2 Å². The summed E-state index contributed by atoms with van der Waals surface area (Å²) in [6, 6.07) is 2.79. The van der Waals surface area contributed by atoms with Gasteiger partial charge in [0, 0.05) is 12.0 Å². The minimum absolute atomic E-state index is 0.0216. The van der Waals surface area contributed by atoms with Crippen LogP contribution >= 0.6 is 0 Å². The summed E-state index contributed by atoms with van der Waals surface area (Å²) in [5.74, 6) is -1.25. The molecule has 0 unspecified atom stereocenters. The number of carboxylic acid groups (broad SMARTS) is 1. The van der Waals surface area contributed by atoms with Gasteiger partial charge in [-0.3, -0.25) is 9.59 Å². The van der Waals surface area contributed by atoms with Gasteiger partial charge in [0.15, 0.2) is 0 Å². The number of benzene rings is 1. The Labute approximate surface area is 92.9 Å². The summed E-state index contributed by atoms with van der Waals surface area (Å²) in [6.07, 6.45) is 1.49. The molecule has 4 heteroatoms. The van der Waals surface area contributed by atoms with E-state index in [-0.39, 0.29) is 12.2 Å². The standard InChI is InChI=1S/C12H13FO3/c1-8-5-10(7-14)9(6-11(8)13)3-2-4-12(15)16/h5-7H,2-4H2,1H3,(H,15,16). The first-order valence-electron chi connectivity index (χ1n) is 5.00. The van der Waals surface area contributed by atoms with E-state index in [0.29, 0.717) is 35.8 Å². The van der Waals surface area contributed by atoms with Gasteiger partial charge in [0.2, 0.25) is 0 Å². The lowest BCUT2D eigenvalue weighted by molar-refractivity contribution is -0.137. The van der Waals surface area contributed by atoms with Gasteiger partial charge in [0.05, 0.1) is 0 Å². The number of hydrogen-bond donors (Lipinski definition) is 1. The molecule has 0 amide bonds. The lowest BCUT2D eigenvalue weighted by Gasteiger charge is -2.06. The van der Waals surface area contributed by atoms with E-state index in [4.69, 9.17) is 5.11 Å². The quantitative estimate of drug-likeness (QED) is 0.781. The molecule has 0 aromatic heterocycles. The van der Waals surface area contributed by atoms with Gasteiger partial charge in [0.25, 0.3) is 0 Å². The van der Waals surface area contributed by atoms with E-state index in [1.54, 1.807) is 6.92 Å². The summed E-state index contributed by atoms with van der Waals surface area (Å²) in [7, 11) is 0. The van der Waals surface area contributed by atoms with Crippen molar-refractivity contribution in [3.8, 4) is 0 Å². The molecule has 1 aromatic rings. The van der Waals surface area contributed by atoms with Crippen LogP contribution in [-0.4, -0.2) is 17.4 Å². The third kappa shape index (κ3) is 3.15. The van der Waals surface area contributed by atoms with Crippen molar-refractivity contribution in [3.05, 3.63) is 34.6 Å². The summed E-state index contributed by atoms with van der Waals surface area (Å²) in [4.78, 5) is 21.1. The minimum atomic E-state index is -0.889. The van der Waals surface area contributed by atoms with E-state index in [1.807, 2.05) is 0 Å². The van der Waals surface area contributed by atoms with Crippen LogP contribution < -0.4 is 0 Å². The van der Waals surface area contributed by atoms with Crippen molar-refractivity contribution >= 4 is 12.3 Å². The van der Waals surface area contributed by atoms with Gasteiger partial charge in [0.1, 0.15) is 12.1 Å². The molecule has 0 saturated carbocycles. The number of aliphatic carboxylic acids is 1. The van der Waals surface area contributed by atoms with Crippen LogP contribution in [0.2, 0.25) is 0 Å². The minimum Gasteiger partial charge on any atom is -0.481 e. The maximum Gasteiger partial charge on any atom is 0.303 e. The molecule has 1 aromatic carbocycles. The number of aldehydes is 1. The molecule has 1 rings (SSSR count). The molecule has 3 nitrogen and oxygen atoms in total. The fraction of sp³-hybridized carbons (Fsp3) is 0.333. The van der Waals surface area contributed by atoms with Crippen molar-refractivity contribution in [2.75, 3.05) is 0 Å². The van der Waals surface area contributed by atoms with E-state index in [1.165, 1.54) is 12.1 Å². The highest BCUT2D eigenvalue weighted by Gasteiger charge is 2.07. The summed E-state index contributed by atoms with van der Waals surface area (Å²) < 4.78 is 13.2. The highest BCUT2D eigenvalue weighted by molar-refractivity contribution is 5.77. The number of aryl methyl sites for hydroxylation is 2. The molecule has 0 aliphatic heterocycles. The molecule has 0 aliphatic rings. The predicted octanol–water partition coefficient (Wildman–Crippen LogP) is 2.35. The second-order valence-corrected chi connectivity index (χ2v) is 3.67. The first kappa shape index (κ1) is 12.4. The average molecular weight is 224 g/mol. The maximum atomic E-state index is 13.2. The predicted molar refractivity (Wildman–Crippen MR) is 57.1 cm³/mol. The third-order valence-corrected chi connectivity index (χ3v) is 2.38. The molecular formula is C12H13FO3. The molecule has 0 spiro atoms. The van der Waals surface area contributed by atoms with Crippen LogP contribution in [0.25, 0.3) is 0 Å². The van der Waals surface area contributed by atoms with Gasteiger partial charge in [-0.15, -0.1) is 0 Å². The molecular weight excluding hydrogens is 211 g/mol. The Morgan fingerprint density at radius 3 is 2.75 bits per heavy atom. The number of hydrogen-bond acceptors (Lipinski definition) is 2. The number of halogens is 1. The Balaban J connectivity index is 2.82. The highest BCUT2D eigenvalue weighted by Crippen LogP contribution is 2.16. The smallest absolute Gasteiger partial charge is 0.303 e. The maximum absolute atomic E-state index is 13.2. The molecule has 0 fully saturated rings. The van der Waals surface area contributed by atoms with E-state index in [9.17, 15) is 14.0 Å². The van der Waals surface area contributed by atoms with Crippen LogP contribution in [0.4, 0.5) is 4.39 Å². The van der Waals surface area contributed by atoms with Crippen molar-refractivity contribution < 1.29 is 19.1 Å². The fourth-order valence-electron chi connectivity index (χ4n) is 1.50. The van der Waals surface area contributed by atoms with Crippen LogP contribution in [0.3, 0.4) is 0 Å². The molecule has 16 heavy (non-hydrogen) atoms. The Kier molecular flexibility index (Phi) is 4.17. The molecule has 1 N–H and O–H groups in total. The van der Waals surface area contributed by atoms with Gasteiger partial charge in [-0.2, -0.15) is 0 Å². The van der Waals surface area contributed by atoms with Crippen LogP contribution in [0.5, 0.6) is 0 Å². The monoisotopic (exact) mass is 224 g/mol. The SMILES string of the molecule is Cc1cc(C=O)c(CCCC(=O)O)cc1F. The molecule has 0 radical (unpaired) electrons. The van der Waals surface area contributed by atoms with Gasteiger partial charge >= 0.3 is 5.97 Å². The third-order valence-electron chi connectivity index (χ3n) is 2.38. The van der Waals surface area contributed by atoms with Gasteiger partial charge in [-0.1, -0.05) is 0 Å². The summed E-state index contributed by atoms with van der Waals surface area (Å²) >= 11 is 0. The largest absolute Gasteiger partial charge is 0.481 e. The molecule has 0 saturated heterocycles. The highest BCUT2D eigenvalue weighted by atomic mass is 19.1. The Hall–Kier alpha value is -1.71. The lowest BCUT2D eigenvalue weighted by Crippen LogP contribution is -2.00. The average Bonchev–Trinajstić information content (AvgIpc) is 2.22. The summed E-state index contributed by atoms with van der Waals surface area (Å²) in [5, 5.41) is 8.47. The molecule has 86 valence electrons. The molecule has 0 atom stereocenters. The number of rotatable bonds is 5. The van der Waals surface area contributed by atoms with E-state index in [2.05, 4.69) is 0 Å². The van der Waals surface area contributed by atoms with Gasteiger partial charge in [-0.25, -0.2) is 4.39 Å². The molecule has 0 aliphatic carbocycles. The van der Waals surface area contributed by atoms with Crippen molar-refractivity contribution in [3.63, 3.8) is 0 Å². The number of carboxylic acids is 1. The Morgan fingerprint density at radius 1 is 1.50 bits per heavy atom. The van der Waals surface area contributed by atoms with Crippen molar-refractivity contribution in [1.82, 2.24) is 0 Å². The Bertz CT molecular complexity index is 413. The molecule has 0 heterocycles. The zero-order valence-corrected chi connectivity index (χ0v) is 9.00. The van der Waals surface area contributed by atoms with Crippen molar-refractivity contribution in [2.45, 2.75) is 26.2 Å². The first-order chi connectivity index (χ1) is 7.54. The summed E-state index contributed by atoms with van der Waals surface area (Å²) in [6.45, 7) is 1.59. The number of carbonyl (C=O) groups is 2. The van der Waals surface area contributed by atoms with E-state index in [0.717, 1.165) is 0 Å². The zero-order chi connectivity index (χ0) is 12.1. The lowest BCUT2D eigenvalue weighted by atomic mass is 10.00. The van der Waals surface area contributed by atoms with Gasteiger partial charge in [-0.05, 0) is 43.0 Å². The second kappa shape index (κ2) is 5.39. The van der Waals surface area contributed by atoms with Crippen LogP contribution in [0, 0.1) is 12.7 Å². The second-order valence-electron chi connectivity index (χ2n) is 3.67. The zero-order valence-electron chi connectivity index (χ0n) is 9.00. The van der Waals surface area contributed by atoms with Crippen molar-refractivity contribution in [2.24, 2.45) is 0 Å². The first-order valence-corrected chi connectivity index (χ1v) is 5.00. The number of carbonyl (C=O) groups excluding carboxylic acids is 1. The van der Waals surface area contributed by atoms with E-state index < -0.39 is 5.97 Å². The normalized spacial score (nSPS) is 10.1. The molecule has 0 bridgehead atoms. The van der Waals surface area contributed by atoms with Crippen molar-refractivity contribution in [1.29, 1.82) is 0 Å². The fourth-order valence-corrected chi connectivity index (χ4v) is 1.50. The Morgan fingerprint density at radius 2 is 2.19 bits per heavy atom. The topological polar surface area (TPSA) is 54.4 Å². The summed E-state index contributed by atoms with van der Waals surface area (Å²) in [5.41, 5.74) is 1.42. The van der Waals surface area contributed by atoms with Gasteiger partial charge < -0.3 is 5.11 Å². The van der Waals surface area contributed by atoms with Crippen LogP contribution in [0.1, 0.15) is 34.3 Å².